The predicted molar refractivity (Wildman–Crippen MR) is 116 cm³/mol. The maximum absolute atomic E-state index is 12.9. The number of aromatic nitrogens is 4. The molecule has 0 unspecified atom stereocenters. The van der Waals surface area contributed by atoms with Crippen LogP contribution in [0, 0.1) is 5.92 Å². The maximum Gasteiger partial charge on any atom is 0.272 e. The van der Waals surface area contributed by atoms with Crippen LogP contribution < -0.4 is 10.9 Å². The van der Waals surface area contributed by atoms with Gasteiger partial charge in [-0.2, -0.15) is 0 Å². The van der Waals surface area contributed by atoms with E-state index in [1.807, 2.05) is 46.2 Å². The molecule has 0 aliphatic rings. The zero-order valence-corrected chi connectivity index (χ0v) is 17.8. The number of benzene rings is 1. The minimum atomic E-state index is -0.0762. The van der Waals surface area contributed by atoms with Crippen molar-refractivity contribution in [3.63, 3.8) is 0 Å². The van der Waals surface area contributed by atoms with Crippen molar-refractivity contribution >= 4 is 45.0 Å². The van der Waals surface area contributed by atoms with E-state index in [4.69, 9.17) is 0 Å². The fourth-order valence-electron chi connectivity index (χ4n) is 3.10. The average molecular weight is 428 g/mol. The third kappa shape index (κ3) is 4.06. The summed E-state index contributed by atoms with van der Waals surface area (Å²) in [4.78, 5) is 25.1. The molecule has 0 radical (unpaired) electrons. The number of hydrogen-bond acceptors (Lipinski definition) is 6. The van der Waals surface area contributed by atoms with E-state index in [2.05, 4.69) is 29.4 Å². The summed E-state index contributed by atoms with van der Waals surface area (Å²) in [6.45, 7) is 5.18. The molecule has 0 atom stereocenters. The van der Waals surface area contributed by atoms with Gasteiger partial charge in [0.1, 0.15) is 4.70 Å². The number of nitrogens with zero attached hydrogens (tertiary/aromatic N) is 4. The second-order valence-corrected chi connectivity index (χ2v) is 8.97. The molecule has 0 aliphatic carbocycles. The molecular weight excluding hydrogens is 406 g/mol. The SMILES string of the molecule is CC(C)Cn1c(=O)c2sccc2n2c(SCC(=O)NCc3ccccc3)nnc12. The lowest BCUT2D eigenvalue weighted by Gasteiger charge is -2.11. The monoisotopic (exact) mass is 427 g/mol. The van der Waals surface area contributed by atoms with Gasteiger partial charge in [-0.3, -0.25) is 18.6 Å². The van der Waals surface area contributed by atoms with Crippen molar-refractivity contribution in [3.05, 3.63) is 57.7 Å². The number of amides is 1. The highest BCUT2D eigenvalue weighted by molar-refractivity contribution is 7.99. The first-order chi connectivity index (χ1) is 14.0. The van der Waals surface area contributed by atoms with Crippen LogP contribution in [0.2, 0.25) is 0 Å². The molecule has 4 aromatic rings. The largest absolute Gasteiger partial charge is 0.351 e. The second-order valence-electron chi connectivity index (χ2n) is 7.11. The van der Waals surface area contributed by atoms with Crippen LogP contribution in [0.5, 0.6) is 0 Å². The van der Waals surface area contributed by atoms with Gasteiger partial charge in [-0.25, -0.2) is 0 Å². The van der Waals surface area contributed by atoms with Gasteiger partial charge in [0.25, 0.3) is 5.56 Å². The third-order valence-electron chi connectivity index (χ3n) is 4.40. The van der Waals surface area contributed by atoms with Crippen LogP contribution in [0.4, 0.5) is 0 Å². The molecule has 7 nitrogen and oxygen atoms in total. The Labute approximate surface area is 175 Å². The normalized spacial score (nSPS) is 11.6. The van der Waals surface area contributed by atoms with Crippen LogP contribution >= 0.6 is 23.1 Å². The molecule has 0 saturated heterocycles. The van der Waals surface area contributed by atoms with Crippen molar-refractivity contribution in [3.8, 4) is 0 Å². The number of thioether (sulfide) groups is 1. The first-order valence-electron chi connectivity index (χ1n) is 9.33. The molecule has 0 saturated carbocycles. The van der Waals surface area contributed by atoms with E-state index in [9.17, 15) is 9.59 Å². The standard InChI is InChI=1S/C20H21N5O2S2/c1-13(2)11-24-18(27)17-15(8-9-28-17)25-19(24)22-23-20(25)29-12-16(26)21-10-14-6-4-3-5-7-14/h3-9,13H,10-12H2,1-2H3,(H,21,26). The number of carbonyl (C=O) groups excluding carboxylic acids is 1. The Hall–Kier alpha value is -2.65. The summed E-state index contributed by atoms with van der Waals surface area (Å²) in [5.74, 6) is 0.961. The molecule has 9 heteroatoms. The Bertz CT molecular complexity index is 1210. The van der Waals surface area contributed by atoms with Gasteiger partial charge in [-0.05, 0) is 22.9 Å². The molecule has 3 aromatic heterocycles. The lowest BCUT2D eigenvalue weighted by Crippen LogP contribution is -2.25. The lowest BCUT2D eigenvalue weighted by molar-refractivity contribution is -0.118. The summed E-state index contributed by atoms with van der Waals surface area (Å²) in [5, 5.41) is 13.9. The van der Waals surface area contributed by atoms with Gasteiger partial charge in [0.2, 0.25) is 11.7 Å². The van der Waals surface area contributed by atoms with Crippen molar-refractivity contribution in [1.82, 2.24) is 24.5 Å². The summed E-state index contributed by atoms with van der Waals surface area (Å²) < 4.78 is 4.23. The maximum atomic E-state index is 12.9. The van der Waals surface area contributed by atoms with Crippen LogP contribution in [-0.2, 0) is 17.9 Å². The summed E-state index contributed by atoms with van der Waals surface area (Å²) >= 11 is 2.73. The summed E-state index contributed by atoms with van der Waals surface area (Å²) in [7, 11) is 0. The Kier molecular flexibility index (Phi) is 5.68. The Morgan fingerprint density at radius 1 is 1.21 bits per heavy atom. The van der Waals surface area contributed by atoms with Gasteiger partial charge in [0.15, 0.2) is 5.16 Å². The summed E-state index contributed by atoms with van der Waals surface area (Å²) in [6.07, 6.45) is 0. The number of fused-ring (bicyclic) bond motifs is 3. The predicted octanol–water partition coefficient (Wildman–Crippen LogP) is 3.17. The molecule has 0 fully saturated rings. The molecule has 0 bridgehead atoms. The molecular formula is C20H21N5O2S2. The van der Waals surface area contributed by atoms with Gasteiger partial charge in [0.05, 0.1) is 11.3 Å². The van der Waals surface area contributed by atoms with E-state index < -0.39 is 0 Å². The van der Waals surface area contributed by atoms with E-state index in [-0.39, 0.29) is 17.2 Å². The molecule has 150 valence electrons. The quantitative estimate of drug-likeness (QED) is 0.458. The number of nitrogens with one attached hydrogen (secondary N) is 1. The fraction of sp³-hybridized carbons (Fsp3) is 0.300. The van der Waals surface area contributed by atoms with E-state index >= 15 is 0 Å². The Morgan fingerprint density at radius 3 is 2.76 bits per heavy atom. The van der Waals surface area contributed by atoms with Crippen LogP contribution in [0.15, 0.2) is 51.7 Å². The van der Waals surface area contributed by atoms with E-state index in [0.717, 1.165) is 11.1 Å². The number of hydrogen-bond donors (Lipinski definition) is 1. The van der Waals surface area contributed by atoms with Crippen LogP contribution in [0.1, 0.15) is 19.4 Å². The molecule has 3 heterocycles. The molecule has 29 heavy (non-hydrogen) atoms. The zero-order chi connectivity index (χ0) is 20.4. The smallest absolute Gasteiger partial charge is 0.272 e. The highest BCUT2D eigenvalue weighted by Crippen LogP contribution is 2.24. The summed E-state index contributed by atoms with van der Waals surface area (Å²) in [6, 6.07) is 11.7. The minimum Gasteiger partial charge on any atom is -0.351 e. The van der Waals surface area contributed by atoms with Crippen molar-refractivity contribution < 1.29 is 4.79 Å². The van der Waals surface area contributed by atoms with Crippen LogP contribution in [0.25, 0.3) is 16.0 Å². The Balaban J connectivity index is 1.57. The third-order valence-corrected chi connectivity index (χ3v) is 6.22. The van der Waals surface area contributed by atoms with Gasteiger partial charge >= 0.3 is 0 Å². The first kappa shape index (κ1) is 19.7. The number of carbonyl (C=O) groups is 1. The summed E-state index contributed by atoms with van der Waals surface area (Å²) in [5.41, 5.74) is 1.80. The van der Waals surface area contributed by atoms with Crippen molar-refractivity contribution in [2.24, 2.45) is 5.92 Å². The molecule has 1 aromatic carbocycles. The average Bonchev–Trinajstić information content (AvgIpc) is 3.35. The zero-order valence-electron chi connectivity index (χ0n) is 16.2. The van der Waals surface area contributed by atoms with Gasteiger partial charge in [-0.15, -0.1) is 21.5 Å². The highest BCUT2D eigenvalue weighted by atomic mass is 32.2. The topological polar surface area (TPSA) is 81.3 Å². The Morgan fingerprint density at radius 2 is 2.00 bits per heavy atom. The van der Waals surface area contributed by atoms with Crippen LogP contribution in [-0.4, -0.2) is 30.8 Å². The second kappa shape index (κ2) is 8.38. The highest BCUT2D eigenvalue weighted by Gasteiger charge is 2.19. The van der Waals surface area contributed by atoms with Gasteiger partial charge in [-0.1, -0.05) is 55.9 Å². The molecule has 4 rings (SSSR count). The van der Waals surface area contributed by atoms with Crippen molar-refractivity contribution in [2.45, 2.75) is 32.1 Å². The van der Waals surface area contributed by atoms with Crippen molar-refractivity contribution in [1.29, 1.82) is 0 Å². The van der Waals surface area contributed by atoms with Crippen molar-refractivity contribution in [2.75, 3.05) is 5.75 Å². The first-order valence-corrected chi connectivity index (χ1v) is 11.2. The van der Waals surface area contributed by atoms with Gasteiger partial charge < -0.3 is 5.32 Å². The molecule has 1 amide bonds. The van der Waals surface area contributed by atoms with Crippen LogP contribution in [0.3, 0.4) is 0 Å². The minimum absolute atomic E-state index is 0.0410. The number of rotatable bonds is 7. The van der Waals surface area contributed by atoms with E-state index in [1.165, 1.54) is 23.1 Å². The molecule has 1 N–H and O–H groups in total. The fourth-order valence-corrected chi connectivity index (χ4v) is 4.69. The van der Waals surface area contributed by atoms with Gasteiger partial charge in [0, 0.05) is 13.1 Å². The van der Waals surface area contributed by atoms with E-state index in [0.29, 0.717) is 34.6 Å². The molecule has 0 spiro atoms. The number of thiophene rings is 1. The van der Waals surface area contributed by atoms with E-state index in [1.54, 1.807) is 4.57 Å². The lowest BCUT2D eigenvalue weighted by atomic mass is 10.2. The molecule has 0 aliphatic heterocycles.